The minimum Gasteiger partial charge on any atom is -0.387 e. The Morgan fingerprint density at radius 2 is 2.36 bits per heavy atom. The van der Waals surface area contributed by atoms with Crippen molar-refractivity contribution in [2.24, 2.45) is 0 Å². The zero-order valence-corrected chi connectivity index (χ0v) is 8.83. The molecule has 3 nitrogen and oxygen atoms in total. The van der Waals surface area contributed by atoms with Crippen LogP contribution in [0.5, 0.6) is 0 Å². The molecule has 0 bridgehead atoms. The quantitative estimate of drug-likeness (QED) is 0.776. The molecule has 1 atom stereocenters. The van der Waals surface area contributed by atoms with Gasteiger partial charge in [-0.3, -0.25) is 0 Å². The van der Waals surface area contributed by atoms with Crippen LogP contribution in [0.15, 0.2) is 18.3 Å². The van der Waals surface area contributed by atoms with Crippen LogP contribution in [0.4, 0.5) is 11.5 Å². The number of aromatic nitrogens is 1. The molecule has 1 aliphatic rings. The molecular weight excluding hydrogens is 174 g/mol. The Morgan fingerprint density at radius 3 is 2.86 bits per heavy atom. The van der Waals surface area contributed by atoms with Gasteiger partial charge < -0.3 is 10.2 Å². The molecule has 2 rings (SSSR count). The minimum atomic E-state index is 0.642. The highest BCUT2D eigenvalue weighted by molar-refractivity contribution is 5.49. The van der Waals surface area contributed by atoms with Crippen LogP contribution in [0, 0.1) is 0 Å². The summed E-state index contributed by atoms with van der Waals surface area (Å²) >= 11 is 0. The van der Waals surface area contributed by atoms with Gasteiger partial charge in [-0.05, 0) is 31.9 Å². The number of pyridine rings is 1. The van der Waals surface area contributed by atoms with Gasteiger partial charge in [0.2, 0.25) is 0 Å². The van der Waals surface area contributed by atoms with Crippen molar-refractivity contribution in [2.75, 3.05) is 23.8 Å². The van der Waals surface area contributed by atoms with Crippen molar-refractivity contribution in [1.29, 1.82) is 0 Å². The average Bonchev–Trinajstić information content (AvgIpc) is 2.65. The molecule has 0 unspecified atom stereocenters. The normalized spacial score (nSPS) is 21.3. The number of rotatable bonds is 2. The molecule has 1 aromatic heterocycles. The first-order valence-electron chi connectivity index (χ1n) is 5.21. The predicted molar refractivity (Wildman–Crippen MR) is 59.8 cm³/mol. The summed E-state index contributed by atoms with van der Waals surface area (Å²) in [5.74, 6) is 1.11. The lowest BCUT2D eigenvalue weighted by Crippen LogP contribution is -2.26. The van der Waals surface area contributed by atoms with Crippen molar-refractivity contribution in [3.8, 4) is 0 Å². The number of hydrogen-bond acceptors (Lipinski definition) is 3. The van der Waals surface area contributed by atoms with E-state index in [-0.39, 0.29) is 0 Å². The Labute approximate surface area is 85.1 Å². The van der Waals surface area contributed by atoms with Gasteiger partial charge in [-0.25, -0.2) is 4.98 Å². The van der Waals surface area contributed by atoms with Crippen molar-refractivity contribution in [2.45, 2.75) is 25.8 Å². The molecule has 14 heavy (non-hydrogen) atoms. The summed E-state index contributed by atoms with van der Waals surface area (Å²) in [5, 5.41) is 3.07. The second-order valence-corrected chi connectivity index (χ2v) is 3.84. The molecule has 76 valence electrons. The van der Waals surface area contributed by atoms with Crippen LogP contribution in [0.1, 0.15) is 19.8 Å². The van der Waals surface area contributed by atoms with Crippen LogP contribution in [0.25, 0.3) is 0 Å². The first kappa shape index (κ1) is 9.31. The lowest BCUT2D eigenvalue weighted by atomic mass is 10.2. The van der Waals surface area contributed by atoms with Gasteiger partial charge in [0.15, 0.2) is 0 Å². The van der Waals surface area contributed by atoms with Gasteiger partial charge >= 0.3 is 0 Å². The number of nitrogens with zero attached hydrogens (tertiary/aromatic N) is 2. The second-order valence-electron chi connectivity index (χ2n) is 3.84. The van der Waals surface area contributed by atoms with Crippen LogP contribution in [-0.2, 0) is 0 Å². The van der Waals surface area contributed by atoms with Crippen molar-refractivity contribution < 1.29 is 0 Å². The first-order valence-corrected chi connectivity index (χ1v) is 5.21. The molecule has 2 heterocycles. The fraction of sp³-hybridized carbons (Fsp3) is 0.545. The molecule has 0 aromatic carbocycles. The molecule has 0 saturated carbocycles. The molecular formula is C11H17N3. The van der Waals surface area contributed by atoms with E-state index < -0.39 is 0 Å². The molecule has 3 heteroatoms. The van der Waals surface area contributed by atoms with Crippen LogP contribution < -0.4 is 10.2 Å². The maximum absolute atomic E-state index is 4.45. The van der Waals surface area contributed by atoms with E-state index in [1.54, 1.807) is 0 Å². The van der Waals surface area contributed by atoms with Crippen molar-refractivity contribution in [1.82, 2.24) is 4.98 Å². The second kappa shape index (κ2) is 3.86. The Kier molecular flexibility index (Phi) is 2.57. The summed E-state index contributed by atoms with van der Waals surface area (Å²) in [6, 6.07) is 4.81. The summed E-state index contributed by atoms with van der Waals surface area (Å²) in [5.41, 5.74) is 1.07. The van der Waals surface area contributed by atoms with E-state index in [1.165, 1.54) is 12.8 Å². The maximum atomic E-state index is 4.45. The molecule has 0 amide bonds. The highest BCUT2D eigenvalue weighted by atomic mass is 15.2. The number of anilines is 2. The van der Waals surface area contributed by atoms with E-state index in [2.05, 4.69) is 34.3 Å². The Bertz CT molecular complexity index is 294. The lowest BCUT2D eigenvalue weighted by molar-refractivity contribution is 0.727. The third-order valence-corrected chi connectivity index (χ3v) is 2.88. The molecule has 0 radical (unpaired) electrons. The summed E-state index contributed by atoms with van der Waals surface area (Å²) in [4.78, 5) is 6.82. The topological polar surface area (TPSA) is 28.2 Å². The standard InChI is InChI=1S/C11H17N3/c1-9-4-3-7-14(9)11-6-5-10(12-2)8-13-11/h5-6,8-9,12H,3-4,7H2,1-2H3/t9-/m0/s1. The maximum Gasteiger partial charge on any atom is 0.128 e. The first-order chi connectivity index (χ1) is 6.81. The summed E-state index contributed by atoms with van der Waals surface area (Å²) in [6.45, 7) is 3.41. The fourth-order valence-electron chi connectivity index (χ4n) is 1.98. The molecule has 0 spiro atoms. The number of nitrogens with one attached hydrogen (secondary N) is 1. The van der Waals surface area contributed by atoms with E-state index in [4.69, 9.17) is 0 Å². The van der Waals surface area contributed by atoms with E-state index in [1.807, 2.05) is 13.2 Å². The van der Waals surface area contributed by atoms with E-state index >= 15 is 0 Å². The van der Waals surface area contributed by atoms with Gasteiger partial charge in [0.05, 0.1) is 11.9 Å². The smallest absolute Gasteiger partial charge is 0.128 e. The van der Waals surface area contributed by atoms with Gasteiger partial charge in [0.25, 0.3) is 0 Å². The van der Waals surface area contributed by atoms with E-state index in [9.17, 15) is 0 Å². The van der Waals surface area contributed by atoms with Crippen LogP contribution in [0.2, 0.25) is 0 Å². The van der Waals surface area contributed by atoms with Crippen molar-refractivity contribution >= 4 is 11.5 Å². The minimum absolute atomic E-state index is 0.642. The van der Waals surface area contributed by atoms with Crippen molar-refractivity contribution in [3.05, 3.63) is 18.3 Å². The molecule has 1 saturated heterocycles. The van der Waals surface area contributed by atoms with Gasteiger partial charge in [-0.1, -0.05) is 0 Å². The Morgan fingerprint density at radius 1 is 1.50 bits per heavy atom. The summed E-state index contributed by atoms with van der Waals surface area (Å²) in [7, 11) is 1.91. The molecule has 1 fully saturated rings. The van der Waals surface area contributed by atoms with Gasteiger partial charge in [-0.2, -0.15) is 0 Å². The largest absolute Gasteiger partial charge is 0.387 e. The van der Waals surface area contributed by atoms with Crippen LogP contribution >= 0.6 is 0 Å². The van der Waals surface area contributed by atoms with Crippen molar-refractivity contribution in [3.63, 3.8) is 0 Å². The zero-order chi connectivity index (χ0) is 9.97. The Balaban J connectivity index is 2.16. The highest BCUT2D eigenvalue weighted by Crippen LogP contribution is 2.23. The SMILES string of the molecule is CNc1ccc(N2CCC[C@@H]2C)nc1. The average molecular weight is 191 g/mol. The monoisotopic (exact) mass is 191 g/mol. The molecule has 0 aliphatic carbocycles. The van der Waals surface area contributed by atoms with Crippen LogP contribution in [0.3, 0.4) is 0 Å². The molecule has 1 aliphatic heterocycles. The van der Waals surface area contributed by atoms with E-state index in [0.29, 0.717) is 6.04 Å². The third kappa shape index (κ3) is 1.67. The summed E-state index contributed by atoms with van der Waals surface area (Å²) in [6.07, 6.45) is 4.46. The lowest BCUT2D eigenvalue weighted by Gasteiger charge is -2.22. The molecule has 1 N–H and O–H groups in total. The van der Waals surface area contributed by atoms with Gasteiger partial charge in [-0.15, -0.1) is 0 Å². The number of hydrogen-bond donors (Lipinski definition) is 1. The Hall–Kier alpha value is -1.25. The predicted octanol–water partition coefficient (Wildman–Crippen LogP) is 2.11. The highest BCUT2D eigenvalue weighted by Gasteiger charge is 2.20. The fourth-order valence-corrected chi connectivity index (χ4v) is 1.98. The third-order valence-electron chi connectivity index (χ3n) is 2.88. The molecule has 1 aromatic rings. The van der Waals surface area contributed by atoms with Gasteiger partial charge in [0, 0.05) is 19.6 Å². The van der Waals surface area contributed by atoms with Crippen LogP contribution in [-0.4, -0.2) is 24.6 Å². The summed E-state index contributed by atoms with van der Waals surface area (Å²) < 4.78 is 0. The van der Waals surface area contributed by atoms with E-state index in [0.717, 1.165) is 18.1 Å². The zero-order valence-electron chi connectivity index (χ0n) is 8.83. The van der Waals surface area contributed by atoms with Gasteiger partial charge in [0.1, 0.15) is 5.82 Å².